The van der Waals surface area contributed by atoms with Gasteiger partial charge in [0.25, 0.3) is 0 Å². The number of anilines is 2. The summed E-state index contributed by atoms with van der Waals surface area (Å²) in [5.74, 6) is 4.18. The van der Waals surface area contributed by atoms with Gasteiger partial charge in [-0.2, -0.15) is 13.2 Å². The predicted octanol–water partition coefficient (Wildman–Crippen LogP) is 1.75. The van der Waals surface area contributed by atoms with Gasteiger partial charge < -0.3 is 15.5 Å². The summed E-state index contributed by atoms with van der Waals surface area (Å²) in [5, 5.41) is 2.53. The Labute approximate surface area is 113 Å². The van der Waals surface area contributed by atoms with Crippen LogP contribution in [-0.2, 0) is 15.7 Å². The zero-order valence-corrected chi connectivity index (χ0v) is 10.9. The first kappa shape index (κ1) is 16.0. The summed E-state index contributed by atoms with van der Waals surface area (Å²) in [4.78, 5) is 15.2. The van der Waals surface area contributed by atoms with Crippen molar-refractivity contribution in [3.8, 4) is 0 Å². The zero-order chi connectivity index (χ0) is 15.3. The highest BCUT2D eigenvalue weighted by molar-refractivity contribution is 5.78. The first-order chi connectivity index (χ1) is 9.27. The predicted molar refractivity (Wildman–Crippen MR) is 66.8 cm³/mol. The van der Waals surface area contributed by atoms with Crippen molar-refractivity contribution in [1.82, 2.24) is 4.98 Å². The molecule has 0 saturated carbocycles. The van der Waals surface area contributed by atoms with E-state index in [2.05, 4.69) is 10.3 Å². The van der Waals surface area contributed by atoms with Gasteiger partial charge in [0.1, 0.15) is 17.7 Å². The molecule has 0 aromatic carbocycles. The maximum Gasteiger partial charge on any atom is 0.416 e. The minimum Gasteiger partial charge on any atom is -0.464 e. The van der Waals surface area contributed by atoms with Gasteiger partial charge in [0.15, 0.2) is 0 Å². The molecule has 1 rings (SSSR count). The minimum atomic E-state index is -4.54. The number of alkyl halides is 3. The summed E-state index contributed by atoms with van der Waals surface area (Å²) in [7, 11) is 0. The number of carbonyl (C=O) groups is 1. The molecule has 9 heteroatoms. The van der Waals surface area contributed by atoms with Gasteiger partial charge in [0.05, 0.1) is 12.2 Å². The molecule has 0 aliphatic rings. The first-order valence-corrected chi connectivity index (χ1v) is 5.77. The molecule has 1 heterocycles. The summed E-state index contributed by atoms with van der Waals surface area (Å²) < 4.78 is 42.8. The minimum absolute atomic E-state index is 0.131. The quantitative estimate of drug-likeness (QED) is 0.435. The Bertz CT molecular complexity index is 479. The Hall–Kier alpha value is -2.03. The first-order valence-electron chi connectivity index (χ1n) is 5.77. The number of nitrogen functional groups attached to an aromatic ring is 1. The zero-order valence-electron chi connectivity index (χ0n) is 10.9. The Morgan fingerprint density at radius 3 is 2.55 bits per heavy atom. The van der Waals surface area contributed by atoms with Crippen molar-refractivity contribution in [2.45, 2.75) is 26.1 Å². The van der Waals surface area contributed by atoms with Crippen LogP contribution in [0, 0.1) is 0 Å². The van der Waals surface area contributed by atoms with Gasteiger partial charge in [-0.1, -0.05) is 0 Å². The average Bonchev–Trinajstić information content (AvgIpc) is 2.37. The van der Waals surface area contributed by atoms with E-state index >= 15 is 0 Å². The lowest BCUT2D eigenvalue weighted by Gasteiger charge is -2.16. The fourth-order valence-corrected chi connectivity index (χ4v) is 1.39. The molecule has 0 bridgehead atoms. The maximum absolute atomic E-state index is 12.7. The van der Waals surface area contributed by atoms with E-state index in [1.54, 1.807) is 6.92 Å². The average molecular weight is 292 g/mol. The topological polar surface area (TPSA) is 89.3 Å². The lowest BCUT2D eigenvalue weighted by molar-refractivity contribution is -0.143. The molecule has 0 saturated heterocycles. The van der Waals surface area contributed by atoms with Gasteiger partial charge in [-0.3, -0.25) is 0 Å². The molecule has 0 fully saturated rings. The van der Waals surface area contributed by atoms with Gasteiger partial charge in [-0.15, -0.1) is 0 Å². The highest BCUT2D eigenvalue weighted by atomic mass is 19.4. The van der Waals surface area contributed by atoms with Gasteiger partial charge in [-0.25, -0.2) is 15.6 Å². The van der Waals surface area contributed by atoms with E-state index < -0.39 is 23.8 Å². The number of hydrogen-bond acceptors (Lipinski definition) is 6. The second-order valence-electron chi connectivity index (χ2n) is 3.89. The number of ether oxygens (including phenoxy) is 1. The molecule has 20 heavy (non-hydrogen) atoms. The van der Waals surface area contributed by atoms with Crippen LogP contribution < -0.4 is 16.6 Å². The van der Waals surface area contributed by atoms with Crippen LogP contribution in [-0.4, -0.2) is 23.6 Å². The molecule has 0 spiro atoms. The fourth-order valence-electron chi connectivity index (χ4n) is 1.39. The number of halogens is 3. The Morgan fingerprint density at radius 2 is 2.05 bits per heavy atom. The summed E-state index contributed by atoms with van der Waals surface area (Å²) >= 11 is 0. The molecule has 0 amide bonds. The third-order valence-electron chi connectivity index (χ3n) is 2.31. The van der Waals surface area contributed by atoms with E-state index in [1.165, 1.54) is 6.92 Å². The molecular formula is C11H15F3N4O2. The van der Waals surface area contributed by atoms with Crippen LogP contribution in [0.25, 0.3) is 0 Å². The van der Waals surface area contributed by atoms with Crippen LogP contribution in [0.1, 0.15) is 19.4 Å². The SMILES string of the molecule is CCOC(=O)C(C)Nc1cc(C(F)(F)F)cc(NN)n1. The lowest BCUT2D eigenvalue weighted by atomic mass is 10.2. The van der Waals surface area contributed by atoms with E-state index in [1.807, 2.05) is 5.43 Å². The standard InChI is InChI=1S/C11H15F3N4O2/c1-3-20-10(19)6(2)16-8-4-7(11(12,13)14)5-9(17-8)18-15/h4-6H,3,15H2,1-2H3,(H2,16,17,18). The molecule has 1 aromatic rings. The molecular weight excluding hydrogens is 277 g/mol. The van der Waals surface area contributed by atoms with Gasteiger partial charge in [0, 0.05) is 0 Å². The second-order valence-corrected chi connectivity index (χ2v) is 3.89. The van der Waals surface area contributed by atoms with Crippen molar-refractivity contribution >= 4 is 17.6 Å². The molecule has 0 aliphatic heterocycles. The van der Waals surface area contributed by atoms with Crippen LogP contribution in [0.4, 0.5) is 24.8 Å². The van der Waals surface area contributed by atoms with Crippen LogP contribution in [0.3, 0.4) is 0 Å². The van der Waals surface area contributed by atoms with Gasteiger partial charge in [0.2, 0.25) is 0 Å². The molecule has 1 aromatic heterocycles. The van der Waals surface area contributed by atoms with Crippen LogP contribution >= 0.6 is 0 Å². The number of aromatic nitrogens is 1. The number of nitrogens with one attached hydrogen (secondary N) is 2. The molecule has 112 valence electrons. The van der Waals surface area contributed by atoms with Crippen molar-refractivity contribution in [3.63, 3.8) is 0 Å². The molecule has 0 radical (unpaired) electrons. The number of hydrazine groups is 1. The van der Waals surface area contributed by atoms with Crippen LogP contribution in [0.2, 0.25) is 0 Å². The number of hydrogen-bond donors (Lipinski definition) is 3. The molecule has 1 atom stereocenters. The summed E-state index contributed by atoms with van der Waals surface area (Å²) in [5.41, 5.74) is 1.11. The summed E-state index contributed by atoms with van der Waals surface area (Å²) in [6.45, 7) is 3.26. The monoisotopic (exact) mass is 292 g/mol. The highest BCUT2D eigenvalue weighted by Crippen LogP contribution is 2.32. The number of rotatable bonds is 5. The van der Waals surface area contributed by atoms with E-state index in [4.69, 9.17) is 10.6 Å². The number of pyridine rings is 1. The van der Waals surface area contributed by atoms with Crippen molar-refractivity contribution in [3.05, 3.63) is 17.7 Å². The summed E-state index contributed by atoms with van der Waals surface area (Å²) in [6.07, 6.45) is -4.54. The van der Waals surface area contributed by atoms with Crippen LogP contribution in [0.15, 0.2) is 12.1 Å². The Balaban J connectivity index is 2.97. The van der Waals surface area contributed by atoms with E-state index in [9.17, 15) is 18.0 Å². The largest absolute Gasteiger partial charge is 0.464 e. The van der Waals surface area contributed by atoms with Crippen molar-refractivity contribution in [1.29, 1.82) is 0 Å². The van der Waals surface area contributed by atoms with Crippen LogP contribution in [0.5, 0.6) is 0 Å². The number of esters is 1. The number of nitrogens with two attached hydrogens (primary N) is 1. The second kappa shape index (κ2) is 6.42. The Morgan fingerprint density at radius 1 is 1.45 bits per heavy atom. The Kier molecular flexibility index (Phi) is 5.14. The molecule has 1 unspecified atom stereocenters. The third-order valence-corrected chi connectivity index (χ3v) is 2.31. The fraction of sp³-hybridized carbons (Fsp3) is 0.455. The summed E-state index contributed by atoms with van der Waals surface area (Å²) in [6, 6.07) is 0.716. The van der Waals surface area contributed by atoms with Crippen molar-refractivity contribution < 1.29 is 22.7 Å². The molecule has 6 nitrogen and oxygen atoms in total. The highest BCUT2D eigenvalue weighted by Gasteiger charge is 2.32. The van der Waals surface area contributed by atoms with Crippen molar-refractivity contribution in [2.75, 3.05) is 17.3 Å². The van der Waals surface area contributed by atoms with E-state index in [-0.39, 0.29) is 18.2 Å². The lowest BCUT2D eigenvalue weighted by Crippen LogP contribution is -2.29. The maximum atomic E-state index is 12.7. The van der Waals surface area contributed by atoms with E-state index in [0.717, 1.165) is 12.1 Å². The normalized spacial score (nSPS) is 12.7. The number of carbonyl (C=O) groups excluding carboxylic acids is 1. The van der Waals surface area contributed by atoms with E-state index in [0.29, 0.717) is 0 Å². The molecule has 4 N–H and O–H groups in total. The number of nitrogens with zero attached hydrogens (tertiary/aromatic N) is 1. The smallest absolute Gasteiger partial charge is 0.416 e. The van der Waals surface area contributed by atoms with Gasteiger partial charge >= 0.3 is 12.1 Å². The van der Waals surface area contributed by atoms with Crippen molar-refractivity contribution in [2.24, 2.45) is 5.84 Å². The van der Waals surface area contributed by atoms with Gasteiger partial charge in [-0.05, 0) is 26.0 Å². The molecule has 0 aliphatic carbocycles. The third kappa shape index (κ3) is 4.26.